The Bertz CT molecular complexity index is 308. The minimum atomic E-state index is -4.91. The summed E-state index contributed by atoms with van der Waals surface area (Å²) < 4.78 is 25.7. The highest BCUT2D eigenvalue weighted by molar-refractivity contribution is 9.26. The van der Waals surface area contributed by atoms with Crippen LogP contribution < -0.4 is 0 Å². The SMILES string of the molecule is CC(Br)(OP(=O)(O)O)C(Br)(Br)OP(=O)(O)O. The third kappa shape index (κ3) is 6.55. The van der Waals surface area contributed by atoms with E-state index in [2.05, 4.69) is 56.8 Å². The molecule has 4 N–H and O–H groups in total. The molecule has 8 nitrogen and oxygen atoms in total. The van der Waals surface area contributed by atoms with E-state index >= 15 is 0 Å². The van der Waals surface area contributed by atoms with E-state index in [1.165, 1.54) is 0 Å². The quantitative estimate of drug-likeness (QED) is 0.351. The minimum absolute atomic E-state index is 1.07. The van der Waals surface area contributed by atoms with Crippen LogP contribution in [-0.4, -0.2) is 27.5 Å². The lowest BCUT2D eigenvalue weighted by Gasteiger charge is -2.34. The van der Waals surface area contributed by atoms with Gasteiger partial charge in [-0.05, 0) is 54.7 Å². The molecule has 0 radical (unpaired) electrons. The lowest BCUT2D eigenvalue weighted by Crippen LogP contribution is -2.40. The maximum atomic E-state index is 10.6. The first-order chi connectivity index (χ1) is 6.66. The number of alkyl halides is 3. The summed E-state index contributed by atoms with van der Waals surface area (Å²) in [6.45, 7) is 1.07. The standard InChI is InChI=1S/C3H7Br3O8P2/c1-2(4,13-15(7,8)9)3(5,6)14-16(10,11)12/h1H3,(H2,7,8,9)(H2,10,11,12). The molecule has 1 unspecified atom stereocenters. The first-order valence-electron chi connectivity index (χ1n) is 3.26. The van der Waals surface area contributed by atoms with Crippen LogP contribution in [0.5, 0.6) is 0 Å². The molecule has 98 valence electrons. The molecule has 0 rings (SSSR count). The summed E-state index contributed by atoms with van der Waals surface area (Å²) in [4.78, 5) is 34.3. The van der Waals surface area contributed by atoms with Crippen LogP contribution in [0.2, 0.25) is 0 Å². The van der Waals surface area contributed by atoms with E-state index in [0.29, 0.717) is 0 Å². The predicted molar refractivity (Wildman–Crippen MR) is 64.2 cm³/mol. The zero-order chi connectivity index (χ0) is 13.4. The van der Waals surface area contributed by atoms with Gasteiger partial charge in [0.05, 0.1) is 0 Å². The number of phosphoric acid groups is 2. The lowest BCUT2D eigenvalue weighted by atomic mass is 10.4. The number of phosphoric ester groups is 2. The molecule has 0 aromatic heterocycles. The average Bonchev–Trinajstić information content (AvgIpc) is 1.72. The van der Waals surface area contributed by atoms with Crippen molar-refractivity contribution < 1.29 is 37.8 Å². The topological polar surface area (TPSA) is 134 Å². The maximum Gasteiger partial charge on any atom is 0.471 e. The van der Waals surface area contributed by atoms with E-state index in [-0.39, 0.29) is 0 Å². The van der Waals surface area contributed by atoms with Crippen LogP contribution in [0.25, 0.3) is 0 Å². The Morgan fingerprint density at radius 1 is 0.938 bits per heavy atom. The molecule has 0 amide bonds. The molecule has 0 aliphatic carbocycles. The van der Waals surface area contributed by atoms with Crippen molar-refractivity contribution in [1.82, 2.24) is 0 Å². The molecule has 0 saturated carbocycles. The number of hydrogen-bond acceptors (Lipinski definition) is 4. The molecule has 16 heavy (non-hydrogen) atoms. The molecule has 0 aromatic rings. The minimum Gasteiger partial charge on any atom is -0.303 e. The summed E-state index contributed by atoms with van der Waals surface area (Å²) in [6, 6.07) is 0. The first kappa shape index (κ1) is 17.7. The second-order valence-electron chi connectivity index (χ2n) is 2.60. The van der Waals surface area contributed by atoms with Crippen molar-refractivity contribution in [3.05, 3.63) is 0 Å². The molecule has 0 fully saturated rings. The molecule has 0 heterocycles. The molecular formula is C3H7Br3O8P2. The summed E-state index contributed by atoms with van der Waals surface area (Å²) in [5.41, 5.74) is 0. The van der Waals surface area contributed by atoms with Crippen LogP contribution in [0.4, 0.5) is 0 Å². The molecule has 0 bridgehead atoms. The van der Waals surface area contributed by atoms with Crippen molar-refractivity contribution in [3.63, 3.8) is 0 Å². The van der Waals surface area contributed by atoms with Crippen molar-refractivity contribution in [3.8, 4) is 0 Å². The summed E-state index contributed by atoms with van der Waals surface area (Å²) in [6.07, 6.45) is 0. The second-order valence-corrected chi connectivity index (χ2v) is 9.74. The largest absolute Gasteiger partial charge is 0.471 e. The molecule has 0 saturated heterocycles. The van der Waals surface area contributed by atoms with Gasteiger partial charge in [0.15, 0.2) is 4.51 Å². The van der Waals surface area contributed by atoms with Gasteiger partial charge in [-0.2, -0.15) is 0 Å². The third-order valence-electron chi connectivity index (χ3n) is 1.04. The second kappa shape index (κ2) is 5.34. The highest BCUT2D eigenvalue weighted by atomic mass is 79.9. The average molecular weight is 473 g/mol. The van der Waals surface area contributed by atoms with E-state index in [4.69, 9.17) is 19.6 Å². The molecule has 0 aliphatic heterocycles. The van der Waals surface area contributed by atoms with Gasteiger partial charge < -0.3 is 19.6 Å². The molecule has 0 spiro atoms. The summed E-state index contributed by atoms with van der Waals surface area (Å²) in [5, 5.41) is 0. The Morgan fingerprint density at radius 3 is 1.50 bits per heavy atom. The van der Waals surface area contributed by atoms with Gasteiger partial charge in [0.25, 0.3) is 0 Å². The Kier molecular flexibility index (Phi) is 5.89. The van der Waals surface area contributed by atoms with E-state index in [1.807, 2.05) is 0 Å². The molecule has 0 aliphatic rings. The number of rotatable bonds is 5. The van der Waals surface area contributed by atoms with Crippen LogP contribution in [0.1, 0.15) is 6.92 Å². The number of halogens is 3. The zero-order valence-electron chi connectivity index (χ0n) is 7.45. The predicted octanol–water partition coefficient (Wildman–Crippen LogP) is 1.76. The maximum absolute atomic E-state index is 10.6. The van der Waals surface area contributed by atoms with Crippen molar-refractivity contribution in [2.24, 2.45) is 0 Å². The fraction of sp³-hybridized carbons (Fsp3) is 1.00. The van der Waals surface area contributed by atoms with E-state index in [1.54, 1.807) is 0 Å². The van der Waals surface area contributed by atoms with Crippen LogP contribution in [0.15, 0.2) is 0 Å². The highest BCUT2D eigenvalue weighted by Gasteiger charge is 2.52. The summed E-state index contributed by atoms with van der Waals surface area (Å²) in [7, 11) is -9.79. The molecule has 1 atom stereocenters. The van der Waals surface area contributed by atoms with Gasteiger partial charge in [-0.15, -0.1) is 0 Å². The molecule has 0 aromatic carbocycles. The first-order valence-corrected chi connectivity index (χ1v) is 8.70. The van der Waals surface area contributed by atoms with E-state index in [9.17, 15) is 9.13 Å². The van der Waals surface area contributed by atoms with Crippen LogP contribution in [0.3, 0.4) is 0 Å². The van der Waals surface area contributed by atoms with Crippen LogP contribution >= 0.6 is 63.4 Å². The van der Waals surface area contributed by atoms with Crippen molar-refractivity contribution in [2.75, 3.05) is 0 Å². The van der Waals surface area contributed by atoms with Crippen molar-refractivity contribution in [1.29, 1.82) is 0 Å². The van der Waals surface area contributed by atoms with Gasteiger partial charge in [0.1, 0.15) is 0 Å². The number of hydrogen-bond donors (Lipinski definition) is 4. The van der Waals surface area contributed by atoms with Gasteiger partial charge in [0.2, 0.25) is 3.42 Å². The molecular weight excluding hydrogens is 466 g/mol. The highest BCUT2D eigenvalue weighted by Crippen LogP contribution is 2.58. The van der Waals surface area contributed by atoms with Gasteiger partial charge in [-0.3, -0.25) is 9.05 Å². The van der Waals surface area contributed by atoms with Crippen LogP contribution in [-0.2, 0) is 18.2 Å². The smallest absolute Gasteiger partial charge is 0.303 e. The van der Waals surface area contributed by atoms with Gasteiger partial charge in [-0.1, -0.05) is 0 Å². The Balaban J connectivity index is 4.99. The van der Waals surface area contributed by atoms with Gasteiger partial charge >= 0.3 is 15.6 Å². The fourth-order valence-electron chi connectivity index (χ4n) is 0.507. The Labute approximate surface area is 116 Å². The summed E-state index contributed by atoms with van der Waals surface area (Å²) >= 11 is 8.07. The molecule has 13 heteroatoms. The van der Waals surface area contributed by atoms with Crippen molar-refractivity contribution in [2.45, 2.75) is 14.9 Å². The Hall–Kier alpha value is 1.66. The zero-order valence-corrected chi connectivity index (χ0v) is 14.0. The summed E-state index contributed by atoms with van der Waals surface area (Å²) in [5.74, 6) is 0. The Morgan fingerprint density at radius 2 is 1.25 bits per heavy atom. The van der Waals surface area contributed by atoms with Gasteiger partial charge in [0, 0.05) is 0 Å². The van der Waals surface area contributed by atoms with Gasteiger partial charge in [-0.25, -0.2) is 9.13 Å². The lowest BCUT2D eigenvalue weighted by molar-refractivity contribution is 0.0406. The van der Waals surface area contributed by atoms with E-state index < -0.39 is 23.6 Å². The fourth-order valence-corrected chi connectivity index (χ4v) is 3.87. The van der Waals surface area contributed by atoms with Crippen LogP contribution in [0, 0.1) is 0 Å². The normalized spacial score (nSPS) is 18.2. The van der Waals surface area contributed by atoms with E-state index in [0.717, 1.165) is 6.92 Å². The third-order valence-corrected chi connectivity index (χ3v) is 6.53. The van der Waals surface area contributed by atoms with Crippen molar-refractivity contribution >= 4 is 63.4 Å². The monoisotopic (exact) mass is 470 g/mol.